The van der Waals surface area contributed by atoms with E-state index >= 15 is 0 Å². The van der Waals surface area contributed by atoms with Gasteiger partial charge in [0.2, 0.25) is 0 Å². The molecule has 1 heterocycles. The summed E-state index contributed by atoms with van der Waals surface area (Å²) in [5.74, 6) is 0. The molecule has 4 heteroatoms. The zero-order valence-corrected chi connectivity index (χ0v) is 14.2. The highest BCUT2D eigenvalue weighted by Gasteiger charge is 2.04. The Morgan fingerprint density at radius 1 is 1.11 bits per heavy atom. The third-order valence-corrected chi connectivity index (χ3v) is 6.07. The predicted molar refractivity (Wildman–Crippen MR) is 86.1 cm³/mol. The SMILES string of the molecule is CCc1ccccc1CNCc1cc(Br)c(Br)s1. The first kappa shape index (κ1) is 14.3. The Hall–Kier alpha value is -0.160. The Bertz CT molecular complexity index is 503. The number of benzene rings is 1. The van der Waals surface area contributed by atoms with Gasteiger partial charge in [0, 0.05) is 22.4 Å². The van der Waals surface area contributed by atoms with Crippen molar-refractivity contribution in [2.45, 2.75) is 26.4 Å². The van der Waals surface area contributed by atoms with E-state index in [9.17, 15) is 0 Å². The molecule has 0 saturated heterocycles. The van der Waals surface area contributed by atoms with Crippen LogP contribution in [-0.4, -0.2) is 0 Å². The molecule has 0 aliphatic rings. The second-order valence-electron chi connectivity index (χ2n) is 4.06. The first-order chi connectivity index (χ1) is 8.70. The van der Waals surface area contributed by atoms with Crippen LogP contribution in [0.3, 0.4) is 0 Å². The molecule has 0 bridgehead atoms. The van der Waals surface area contributed by atoms with Crippen molar-refractivity contribution < 1.29 is 0 Å². The number of thiophene rings is 1. The van der Waals surface area contributed by atoms with Crippen molar-refractivity contribution in [1.82, 2.24) is 5.32 Å². The normalized spacial score (nSPS) is 10.8. The first-order valence-electron chi connectivity index (χ1n) is 5.92. The van der Waals surface area contributed by atoms with Gasteiger partial charge in [-0.15, -0.1) is 11.3 Å². The highest BCUT2D eigenvalue weighted by atomic mass is 79.9. The summed E-state index contributed by atoms with van der Waals surface area (Å²) in [4.78, 5) is 1.34. The van der Waals surface area contributed by atoms with Crippen LogP contribution in [0.1, 0.15) is 22.9 Å². The summed E-state index contributed by atoms with van der Waals surface area (Å²) >= 11 is 8.80. The third kappa shape index (κ3) is 3.67. The topological polar surface area (TPSA) is 12.0 Å². The van der Waals surface area contributed by atoms with Crippen molar-refractivity contribution >= 4 is 43.2 Å². The van der Waals surface area contributed by atoms with Crippen LogP contribution in [0.5, 0.6) is 0 Å². The molecular formula is C14H15Br2NS. The minimum atomic E-state index is 0.910. The van der Waals surface area contributed by atoms with Gasteiger partial charge in [-0.1, -0.05) is 31.2 Å². The van der Waals surface area contributed by atoms with E-state index in [1.807, 2.05) is 0 Å². The molecular weight excluding hydrogens is 374 g/mol. The smallest absolute Gasteiger partial charge is 0.0843 e. The van der Waals surface area contributed by atoms with Crippen LogP contribution >= 0.6 is 43.2 Å². The fourth-order valence-electron chi connectivity index (χ4n) is 1.87. The Labute approximate surface area is 129 Å². The second kappa shape index (κ2) is 6.85. The maximum Gasteiger partial charge on any atom is 0.0843 e. The van der Waals surface area contributed by atoms with Crippen LogP contribution in [-0.2, 0) is 19.5 Å². The average molecular weight is 389 g/mol. The molecule has 1 aromatic carbocycles. The molecule has 0 aliphatic carbocycles. The van der Waals surface area contributed by atoms with Crippen LogP contribution in [0.25, 0.3) is 0 Å². The number of halogens is 2. The van der Waals surface area contributed by atoms with Gasteiger partial charge in [-0.05, 0) is 55.5 Å². The van der Waals surface area contributed by atoms with Crippen LogP contribution < -0.4 is 5.32 Å². The molecule has 2 aromatic rings. The average Bonchev–Trinajstić information content (AvgIpc) is 2.69. The summed E-state index contributed by atoms with van der Waals surface area (Å²) in [5.41, 5.74) is 2.83. The van der Waals surface area contributed by atoms with Gasteiger partial charge < -0.3 is 5.32 Å². The van der Waals surface area contributed by atoms with Crippen LogP contribution in [0.15, 0.2) is 38.6 Å². The molecule has 0 saturated carbocycles. The van der Waals surface area contributed by atoms with Gasteiger partial charge in [0.25, 0.3) is 0 Å². The largest absolute Gasteiger partial charge is 0.308 e. The fourth-order valence-corrected chi connectivity index (χ4v) is 4.02. The van der Waals surface area contributed by atoms with E-state index in [0.29, 0.717) is 0 Å². The molecule has 18 heavy (non-hydrogen) atoms. The van der Waals surface area contributed by atoms with Crippen molar-refractivity contribution in [3.63, 3.8) is 0 Å². The number of aryl methyl sites for hydroxylation is 1. The number of hydrogen-bond donors (Lipinski definition) is 1. The second-order valence-corrected chi connectivity index (χ2v) is 7.37. The van der Waals surface area contributed by atoms with Crippen molar-refractivity contribution in [1.29, 1.82) is 0 Å². The zero-order chi connectivity index (χ0) is 13.0. The predicted octanol–water partition coefficient (Wildman–Crippen LogP) is 5.13. The first-order valence-corrected chi connectivity index (χ1v) is 8.32. The minimum Gasteiger partial charge on any atom is -0.308 e. The van der Waals surface area contributed by atoms with Gasteiger partial charge >= 0.3 is 0 Å². The highest BCUT2D eigenvalue weighted by molar-refractivity contribution is 9.13. The summed E-state index contributed by atoms with van der Waals surface area (Å²) < 4.78 is 2.30. The summed E-state index contributed by atoms with van der Waals surface area (Å²) in [5, 5.41) is 3.50. The number of rotatable bonds is 5. The maximum absolute atomic E-state index is 3.52. The highest BCUT2D eigenvalue weighted by Crippen LogP contribution is 2.32. The molecule has 0 spiro atoms. The molecule has 2 rings (SSSR count). The fraction of sp³-hybridized carbons (Fsp3) is 0.286. The molecule has 0 radical (unpaired) electrons. The molecule has 1 nitrogen and oxygen atoms in total. The van der Waals surface area contributed by atoms with Crippen LogP contribution in [0.2, 0.25) is 0 Å². The summed E-state index contributed by atoms with van der Waals surface area (Å²) in [7, 11) is 0. The monoisotopic (exact) mass is 387 g/mol. The molecule has 96 valence electrons. The third-order valence-electron chi connectivity index (χ3n) is 2.81. The minimum absolute atomic E-state index is 0.910. The molecule has 1 aromatic heterocycles. The van der Waals surface area contributed by atoms with E-state index < -0.39 is 0 Å². The van der Waals surface area contributed by atoms with Crippen LogP contribution in [0.4, 0.5) is 0 Å². The van der Waals surface area contributed by atoms with Gasteiger partial charge in [-0.3, -0.25) is 0 Å². The van der Waals surface area contributed by atoms with E-state index in [2.05, 4.69) is 74.4 Å². The van der Waals surface area contributed by atoms with Gasteiger partial charge in [0.15, 0.2) is 0 Å². The lowest BCUT2D eigenvalue weighted by atomic mass is 10.1. The van der Waals surface area contributed by atoms with E-state index in [1.165, 1.54) is 16.0 Å². The molecule has 0 atom stereocenters. The molecule has 0 aliphatic heterocycles. The lowest BCUT2D eigenvalue weighted by Gasteiger charge is -2.08. The van der Waals surface area contributed by atoms with E-state index in [-0.39, 0.29) is 0 Å². The van der Waals surface area contributed by atoms with Crippen molar-refractivity contribution in [2.24, 2.45) is 0 Å². The maximum atomic E-state index is 3.52. The number of hydrogen-bond acceptors (Lipinski definition) is 2. The summed E-state index contributed by atoms with van der Waals surface area (Å²) in [6, 6.07) is 10.8. The Morgan fingerprint density at radius 3 is 2.44 bits per heavy atom. The molecule has 0 unspecified atom stereocenters. The quantitative estimate of drug-likeness (QED) is 0.748. The summed E-state index contributed by atoms with van der Waals surface area (Å²) in [6.07, 6.45) is 1.09. The molecule has 1 N–H and O–H groups in total. The van der Waals surface area contributed by atoms with Crippen molar-refractivity contribution in [2.75, 3.05) is 0 Å². The van der Waals surface area contributed by atoms with Crippen molar-refractivity contribution in [3.05, 3.63) is 54.6 Å². The van der Waals surface area contributed by atoms with E-state index in [0.717, 1.165) is 27.8 Å². The Balaban J connectivity index is 1.92. The van der Waals surface area contributed by atoms with Gasteiger partial charge in [0.05, 0.1) is 3.79 Å². The summed E-state index contributed by atoms with van der Waals surface area (Å²) in [6.45, 7) is 4.04. The molecule has 0 amide bonds. The van der Waals surface area contributed by atoms with Gasteiger partial charge in [-0.25, -0.2) is 0 Å². The standard InChI is InChI=1S/C14H15Br2NS/c1-2-10-5-3-4-6-11(10)8-17-9-12-7-13(15)14(16)18-12/h3-7,17H,2,8-9H2,1H3. The van der Waals surface area contributed by atoms with Crippen LogP contribution in [0, 0.1) is 0 Å². The van der Waals surface area contributed by atoms with E-state index in [1.54, 1.807) is 11.3 Å². The van der Waals surface area contributed by atoms with E-state index in [4.69, 9.17) is 0 Å². The lowest BCUT2D eigenvalue weighted by molar-refractivity contribution is 0.695. The Kier molecular flexibility index (Phi) is 5.42. The van der Waals surface area contributed by atoms with Crippen molar-refractivity contribution in [3.8, 4) is 0 Å². The molecule has 0 fully saturated rings. The number of nitrogens with one attached hydrogen (secondary N) is 1. The lowest BCUT2D eigenvalue weighted by Crippen LogP contribution is -2.13. The Morgan fingerprint density at radius 2 is 1.83 bits per heavy atom. The zero-order valence-electron chi connectivity index (χ0n) is 10.2. The van der Waals surface area contributed by atoms with Gasteiger partial charge in [-0.2, -0.15) is 0 Å². The van der Waals surface area contributed by atoms with Gasteiger partial charge in [0.1, 0.15) is 0 Å².